The number of fused-ring (bicyclic) bond motifs is 1. The molecule has 1 aliphatic heterocycles. The van der Waals surface area contributed by atoms with Crippen LogP contribution in [0.2, 0.25) is 0 Å². The number of aromatic nitrogens is 2. The van der Waals surface area contributed by atoms with Gasteiger partial charge in [0.1, 0.15) is 12.4 Å². The topological polar surface area (TPSA) is 127 Å². The van der Waals surface area contributed by atoms with Crippen molar-refractivity contribution < 1.29 is 28.3 Å². The van der Waals surface area contributed by atoms with E-state index >= 15 is 0 Å². The van der Waals surface area contributed by atoms with E-state index in [1.807, 2.05) is 58.9 Å². The van der Waals surface area contributed by atoms with E-state index in [9.17, 15) is 4.79 Å². The highest BCUT2D eigenvalue weighted by Gasteiger charge is 2.51. The molecule has 2 aromatic carbocycles. The van der Waals surface area contributed by atoms with Gasteiger partial charge in [0.2, 0.25) is 5.91 Å². The maximum Gasteiger partial charge on any atom is 0.494 e. The fourth-order valence-electron chi connectivity index (χ4n) is 4.72. The van der Waals surface area contributed by atoms with Crippen molar-refractivity contribution in [1.29, 1.82) is 0 Å². The van der Waals surface area contributed by atoms with Crippen LogP contribution in [-0.2, 0) is 23.6 Å². The van der Waals surface area contributed by atoms with Crippen molar-refractivity contribution in [3.05, 3.63) is 42.1 Å². The van der Waals surface area contributed by atoms with E-state index in [0.717, 1.165) is 45.9 Å². The Morgan fingerprint density at radius 1 is 0.930 bits per heavy atom. The van der Waals surface area contributed by atoms with E-state index in [1.165, 1.54) is 0 Å². The first-order valence-electron chi connectivity index (χ1n) is 15.1. The summed E-state index contributed by atoms with van der Waals surface area (Å²) in [6.45, 7) is 14.8. The predicted octanol–water partition coefficient (Wildman–Crippen LogP) is 4.21. The van der Waals surface area contributed by atoms with Crippen molar-refractivity contribution >= 4 is 35.1 Å². The van der Waals surface area contributed by atoms with Crippen LogP contribution in [0.1, 0.15) is 59.6 Å². The number of nitrogens with one attached hydrogen (secondary N) is 1. The molecule has 3 aromatic rings. The summed E-state index contributed by atoms with van der Waals surface area (Å²) >= 11 is 0. The average Bonchev–Trinajstić information content (AvgIpc) is 3.20. The van der Waals surface area contributed by atoms with Gasteiger partial charge in [-0.25, -0.2) is 0 Å². The van der Waals surface area contributed by atoms with Gasteiger partial charge in [0.05, 0.1) is 43.3 Å². The summed E-state index contributed by atoms with van der Waals surface area (Å²) in [5.74, 6) is 1.18. The van der Waals surface area contributed by atoms with Gasteiger partial charge >= 0.3 is 7.12 Å². The summed E-state index contributed by atoms with van der Waals surface area (Å²) in [6, 6.07) is 12.0. The lowest BCUT2D eigenvalue weighted by Crippen LogP contribution is -2.41. The van der Waals surface area contributed by atoms with Gasteiger partial charge in [-0.05, 0) is 70.3 Å². The van der Waals surface area contributed by atoms with E-state index in [4.69, 9.17) is 29.3 Å². The molecule has 0 spiro atoms. The van der Waals surface area contributed by atoms with Gasteiger partial charge in [0.15, 0.2) is 5.82 Å². The second-order valence-corrected chi connectivity index (χ2v) is 11.8. The standard InChI is InChI=1S/C32H45BN4O6/c1-7-8-9-29(38)35-14-15-39-16-17-40-18-19-41-28-13-11-24(33-42-31(3,4)32(5,6)43-33)21-27(28)23-10-12-25-26(20-23)22(2)36-37-30(25)34/h10-13,20-21H,7-9,14-19H2,1-6H3,(H2,34,37)(H,35,38). The normalized spacial score (nSPS) is 15.6. The molecule has 1 fully saturated rings. The van der Waals surface area contributed by atoms with Gasteiger partial charge < -0.3 is 34.6 Å². The number of aryl methyl sites for hydroxylation is 1. The molecule has 0 bridgehead atoms. The fourth-order valence-corrected chi connectivity index (χ4v) is 4.72. The van der Waals surface area contributed by atoms with Gasteiger partial charge in [-0.1, -0.05) is 31.5 Å². The third-order valence-electron chi connectivity index (χ3n) is 8.02. The Kier molecular flexibility index (Phi) is 11.0. The molecule has 1 aliphatic rings. The second kappa shape index (κ2) is 14.5. The van der Waals surface area contributed by atoms with Crippen molar-refractivity contribution in [1.82, 2.24) is 15.5 Å². The Labute approximate surface area is 255 Å². The number of nitrogens with two attached hydrogens (primary N) is 1. The molecule has 4 rings (SSSR count). The number of hydrogen-bond donors (Lipinski definition) is 2. The van der Waals surface area contributed by atoms with E-state index < -0.39 is 18.3 Å². The molecule has 10 nitrogen and oxygen atoms in total. The molecule has 232 valence electrons. The highest BCUT2D eigenvalue weighted by molar-refractivity contribution is 6.62. The Morgan fingerprint density at radius 2 is 1.63 bits per heavy atom. The first-order chi connectivity index (χ1) is 20.5. The van der Waals surface area contributed by atoms with Crippen LogP contribution >= 0.6 is 0 Å². The summed E-state index contributed by atoms with van der Waals surface area (Å²) in [5.41, 5.74) is 8.74. The van der Waals surface area contributed by atoms with Crippen molar-refractivity contribution in [2.75, 3.05) is 45.3 Å². The van der Waals surface area contributed by atoms with Gasteiger partial charge in [-0.3, -0.25) is 4.79 Å². The van der Waals surface area contributed by atoms with Crippen molar-refractivity contribution in [3.63, 3.8) is 0 Å². The minimum atomic E-state index is -0.505. The Morgan fingerprint density at radius 3 is 2.35 bits per heavy atom. The van der Waals surface area contributed by atoms with Crippen LogP contribution in [0, 0.1) is 6.92 Å². The molecule has 0 atom stereocenters. The first-order valence-corrected chi connectivity index (χ1v) is 15.1. The monoisotopic (exact) mass is 592 g/mol. The predicted molar refractivity (Wildman–Crippen MR) is 170 cm³/mol. The average molecular weight is 593 g/mol. The highest BCUT2D eigenvalue weighted by Crippen LogP contribution is 2.38. The molecule has 0 unspecified atom stereocenters. The summed E-state index contributed by atoms with van der Waals surface area (Å²) < 4.78 is 30.1. The van der Waals surface area contributed by atoms with Gasteiger partial charge in [0, 0.05) is 29.3 Å². The zero-order chi connectivity index (χ0) is 31.0. The SMILES string of the molecule is CCCCC(=O)NCCOCCOCCOc1ccc(B2OC(C)(C)C(C)(C)O2)cc1-c1ccc2c(N)nnc(C)c2c1. The largest absolute Gasteiger partial charge is 0.494 e. The molecule has 1 aromatic heterocycles. The van der Waals surface area contributed by atoms with Gasteiger partial charge in [-0.2, -0.15) is 5.10 Å². The molecule has 1 amide bonds. The van der Waals surface area contributed by atoms with Crippen LogP contribution in [0.5, 0.6) is 5.75 Å². The number of anilines is 1. The van der Waals surface area contributed by atoms with Crippen LogP contribution in [0.3, 0.4) is 0 Å². The maximum absolute atomic E-state index is 11.6. The number of benzene rings is 2. The molecular weight excluding hydrogens is 547 g/mol. The van der Waals surface area contributed by atoms with E-state index in [1.54, 1.807) is 0 Å². The van der Waals surface area contributed by atoms with Crippen LogP contribution in [0.4, 0.5) is 5.82 Å². The lowest BCUT2D eigenvalue weighted by atomic mass is 9.77. The minimum Gasteiger partial charge on any atom is -0.491 e. The maximum atomic E-state index is 11.6. The number of carbonyl (C=O) groups excluding carboxylic acids is 1. The second-order valence-electron chi connectivity index (χ2n) is 11.8. The lowest BCUT2D eigenvalue weighted by molar-refractivity contribution is -0.121. The van der Waals surface area contributed by atoms with Crippen LogP contribution < -0.4 is 21.3 Å². The summed E-state index contributed by atoms with van der Waals surface area (Å²) in [5, 5.41) is 12.9. The molecule has 0 radical (unpaired) electrons. The Balaban J connectivity index is 1.39. The molecule has 43 heavy (non-hydrogen) atoms. The number of amides is 1. The Bertz CT molecular complexity index is 1380. The van der Waals surface area contributed by atoms with Crippen molar-refractivity contribution in [2.24, 2.45) is 0 Å². The number of hydrogen-bond acceptors (Lipinski definition) is 9. The molecule has 0 saturated carbocycles. The van der Waals surface area contributed by atoms with Gasteiger partial charge in [0.25, 0.3) is 0 Å². The van der Waals surface area contributed by atoms with E-state index in [0.29, 0.717) is 57.6 Å². The number of ether oxygens (including phenoxy) is 3. The van der Waals surface area contributed by atoms with Crippen LogP contribution in [0.15, 0.2) is 36.4 Å². The van der Waals surface area contributed by atoms with Gasteiger partial charge in [-0.15, -0.1) is 5.10 Å². The first kappa shape index (κ1) is 32.7. The quantitative estimate of drug-likeness (QED) is 0.197. The number of unbranched alkanes of at least 4 members (excludes halogenated alkanes) is 1. The van der Waals surface area contributed by atoms with Crippen LogP contribution in [-0.4, -0.2) is 74.0 Å². The molecule has 1 saturated heterocycles. The zero-order valence-corrected chi connectivity index (χ0v) is 26.3. The molecule has 3 N–H and O–H groups in total. The molecule has 11 heteroatoms. The number of nitrogen functional groups attached to an aromatic ring is 1. The Hall–Kier alpha value is -3.25. The third-order valence-corrected chi connectivity index (χ3v) is 8.02. The van der Waals surface area contributed by atoms with Crippen LogP contribution in [0.25, 0.3) is 21.9 Å². The number of carbonyl (C=O) groups is 1. The van der Waals surface area contributed by atoms with E-state index in [2.05, 4.69) is 34.6 Å². The highest BCUT2D eigenvalue weighted by atomic mass is 16.7. The van der Waals surface area contributed by atoms with Crippen molar-refractivity contribution in [2.45, 2.75) is 72.0 Å². The van der Waals surface area contributed by atoms with Crippen molar-refractivity contribution in [3.8, 4) is 16.9 Å². The van der Waals surface area contributed by atoms with E-state index in [-0.39, 0.29) is 5.91 Å². The third kappa shape index (κ3) is 8.23. The molecule has 2 heterocycles. The lowest BCUT2D eigenvalue weighted by Gasteiger charge is -2.32. The summed E-state index contributed by atoms with van der Waals surface area (Å²) in [4.78, 5) is 11.6. The molecular formula is C32H45BN4O6. The summed E-state index contributed by atoms with van der Waals surface area (Å²) in [6.07, 6.45) is 2.47. The molecule has 0 aliphatic carbocycles. The fraction of sp³-hybridized carbons (Fsp3) is 0.531. The number of rotatable bonds is 15. The number of nitrogens with zero attached hydrogens (tertiary/aromatic N) is 2. The smallest absolute Gasteiger partial charge is 0.491 e. The minimum absolute atomic E-state index is 0.0684. The zero-order valence-electron chi connectivity index (χ0n) is 26.3. The summed E-state index contributed by atoms with van der Waals surface area (Å²) in [7, 11) is -0.505.